The molecule has 1 fully saturated rings. The zero-order valence-corrected chi connectivity index (χ0v) is 16.3. The monoisotopic (exact) mass is 416 g/mol. The maximum atomic E-state index is 13.1. The molecule has 2 heterocycles. The van der Waals surface area contributed by atoms with E-state index in [1.165, 1.54) is 23.5 Å². The van der Waals surface area contributed by atoms with Crippen molar-refractivity contribution in [3.05, 3.63) is 56.7 Å². The number of likely N-dealkylation sites (N-methyl/N-ethyl adjacent to an activating group) is 1. The topological polar surface area (TPSA) is 32.3 Å². The molecule has 3 nitrogen and oxygen atoms in total. The molecule has 0 bridgehead atoms. The first kappa shape index (κ1) is 20.2. The van der Waals surface area contributed by atoms with E-state index in [-0.39, 0.29) is 17.6 Å². The van der Waals surface area contributed by atoms with Gasteiger partial charge < -0.3 is 10.2 Å². The van der Waals surface area contributed by atoms with Crippen LogP contribution < -0.4 is 5.32 Å². The third-order valence-corrected chi connectivity index (χ3v) is 6.06. The number of carbonyl (C=O) groups is 1. The predicted molar refractivity (Wildman–Crippen MR) is 101 cm³/mol. The number of halogens is 4. The van der Waals surface area contributed by atoms with E-state index >= 15 is 0 Å². The first-order valence-electron chi connectivity index (χ1n) is 8.68. The molecule has 1 amide bonds. The molecule has 8 heteroatoms. The second kappa shape index (κ2) is 8.20. The highest BCUT2D eigenvalue weighted by molar-refractivity contribution is 7.08. The molecule has 1 aliphatic rings. The Bertz CT molecular complexity index is 795. The molecule has 1 saturated heterocycles. The number of hydrogen-bond acceptors (Lipinski definition) is 3. The number of benzene rings is 1. The Balaban J connectivity index is 1.90. The molecule has 1 aliphatic heterocycles. The number of thiophene rings is 1. The normalized spacial score (nSPS) is 19.7. The molecule has 0 radical (unpaired) electrons. The van der Waals surface area contributed by atoms with Crippen molar-refractivity contribution in [3.63, 3.8) is 0 Å². The molecule has 1 aromatic heterocycles. The van der Waals surface area contributed by atoms with Gasteiger partial charge >= 0.3 is 6.18 Å². The van der Waals surface area contributed by atoms with Crippen LogP contribution in [0.5, 0.6) is 0 Å². The fourth-order valence-electron chi connectivity index (χ4n) is 3.52. The SMILES string of the molecule is CN1CCCC[C@H]1[C@@H](NC(=O)c1cccc(C(F)(F)F)c1Cl)c1ccsc1. The Hall–Kier alpha value is -1.57. The zero-order chi connectivity index (χ0) is 19.6. The molecular formula is C19H20ClF3N2OS. The second-order valence-electron chi connectivity index (χ2n) is 6.72. The second-order valence-corrected chi connectivity index (χ2v) is 7.87. The molecule has 0 aliphatic carbocycles. The average Bonchev–Trinajstić information content (AvgIpc) is 3.14. The Labute approximate surface area is 165 Å². The summed E-state index contributed by atoms with van der Waals surface area (Å²) in [5, 5.41) is 6.25. The minimum absolute atomic E-state index is 0.0851. The number of rotatable bonds is 4. The van der Waals surface area contributed by atoms with Crippen molar-refractivity contribution in [3.8, 4) is 0 Å². The van der Waals surface area contributed by atoms with Gasteiger partial charge in [-0.2, -0.15) is 24.5 Å². The number of carbonyl (C=O) groups excluding carboxylic acids is 1. The summed E-state index contributed by atoms with van der Waals surface area (Å²) in [6, 6.07) is 5.12. The summed E-state index contributed by atoms with van der Waals surface area (Å²) in [5.41, 5.74) is -0.209. The van der Waals surface area contributed by atoms with E-state index in [2.05, 4.69) is 10.2 Å². The van der Waals surface area contributed by atoms with Crippen LogP contribution in [0.1, 0.15) is 46.8 Å². The molecule has 0 saturated carbocycles. The largest absolute Gasteiger partial charge is 0.417 e. The van der Waals surface area contributed by atoms with Crippen molar-refractivity contribution in [2.75, 3.05) is 13.6 Å². The summed E-state index contributed by atoms with van der Waals surface area (Å²) in [6.45, 7) is 0.922. The molecule has 0 spiro atoms. The summed E-state index contributed by atoms with van der Waals surface area (Å²) >= 11 is 7.44. The van der Waals surface area contributed by atoms with Gasteiger partial charge in [0.15, 0.2) is 0 Å². The Morgan fingerprint density at radius 1 is 1.33 bits per heavy atom. The highest BCUT2D eigenvalue weighted by Crippen LogP contribution is 2.36. The third-order valence-electron chi connectivity index (χ3n) is 4.95. The van der Waals surface area contributed by atoms with Crippen LogP contribution in [0.2, 0.25) is 5.02 Å². The van der Waals surface area contributed by atoms with Crippen molar-refractivity contribution in [1.29, 1.82) is 0 Å². The van der Waals surface area contributed by atoms with E-state index in [9.17, 15) is 18.0 Å². The van der Waals surface area contributed by atoms with Gasteiger partial charge in [-0.15, -0.1) is 0 Å². The van der Waals surface area contributed by atoms with E-state index in [0.29, 0.717) is 0 Å². The van der Waals surface area contributed by atoms with E-state index in [4.69, 9.17) is 11.6 Å². The molecule has 0 unspecified atom stereocenters. The molecule has 146 valence electrons. The molecular weight excluding hydrogens is 397 g/mol. The first-order chi connectivity index (χ1) is 12.8. The van der Waals surface area contributed by atoms with Gasteiger partial charge in [-0.25, -0.2) is 0 Å². The fraction of sp³-hybridized carbons (Fsp3) is 0.421. The van der Waals surface area contributed by atoms with Gasteiger partial charge in [0.25, 0.3) is 5.91 Å². The quantitative estimate of drug-likeness (QED) is 0.726. The lowest BCUT2D eigenvalue weighted by molar-refractivity contribution is -0.137. The summed E-state index contributed by atoms with van der Waals surface area (Å²) in [5.74, 6) is -0.596. The van der Waals surface area contributed by atoms with Crippen LogP contribution in [-0.4, -0.2) is 30.4 Å². The summed E-state index contributed by atoms with van der Waals surface area (Å²) in [7, 11) is 2.01. The molecule has 27 heavy (non-hydrogen) atoms. The predicted octanol–water partition coefficient (Wildman–Crippen LogP) is 5.38. The van der Waals surface area contributed by atoms with Crippen LogP contribution in [0.4, 0.5) is 13.2 Å². The fourth-order valence-corrected chi connectivity index (χ4v) is 4.54. The Kier molecular flexibility index (Phi) is 6.13. The van der Waals surface area contributed by atoms with Crippen molar-refractivity contribution in [1.82, 2.24) is 10.2 Å². The van der Waals surface area contributed by atoms with Crippen molar-refractivity contribution in [2.24, 2.45) is 0 Å². The van der Waals surface area contributed by atoms with Crippen molar-refractivity contribution >= 4 is 28.8 Å². The first-order valence-corrected chi connectivity index (χ1v) is 10.00. The lowest BCUT2D eigenvalue weighted by atomic mass is 9.92. The number of nitrogens with zero attached hydrogens (tertiary/aromatic N) is 1. The van der Waals surface area contributed by atoms with Gasteiger partial charge in [0, 0.05) is 6.04 Å². The number of amides is 1. The highest BCUT2D eigenvalue weighted by atomic mass is 35.5. The number of piperidine rings is 1. The van der Waals surface area contributed by atoms with E-state index in [1.54, 1.807) is 0 Å². The molecule has 1 N–H and O–H groups in total. The van der Waals surface area contributed by atoms with Crippen molar-refractivity contribution in [2.45, 2.75) is 37.5 Å². The molecule has 2 aromatic rings. The maximum Gasteiger partial charge on any atom is 0.417 e. The smallest absolute Gasteiger partial charge is 0.344 e. The Morgan fingerprint density at radius 2 is 2.11 bits per heavy atom. The van der Waals surface area contributed by atoms with Gasteiger partial charge in [0.2, 0.25) is 0 Å². The summed E-state index contributed by atoms with van der Waals surface area (Å²) in [6.07, 6.45) is -1.55. The highest BCUT2D eigenvalue weighted by Gasteiger charge is 2.36. The van der Waals surface area contributed by atoms with Crippen LogP contribution in [0, 0.1) is 0 Å². The van der Waals surface area contributed by atoms with Crippen molar-refractivity contribution < 1.29 is 18.0 Å². The zero-order valence-electron chi connectivity index (χ0n) is 14.7. The summed E-state index contributed by atoms with van der Waals surface area (Å²) in [4.78, 5) is 15.0. The van der Waals surface area contributed by atoms with Crippen LogP contribution in [0.15, 0.2) is 35.0 Å². The number of alkyl halides is 3. The van der Waals surface area contributed by atoms with Gasteiger partial charge in [-0.05, 0) is 61.0 Å². The maximum absolute atomic E-state index is 13.1. The number of likely N-dealkylation sites (tertiary alicyclic amines) is 1. The van der Waals surface area contributed by atoms with Crippen LogP contribution in [0.25, 0.3) is 0 Å². The minimum atomic E-state index is -4.61. The lowest BCUT2D eigenvalue weighted by Crippen LogP contribution is -2.47. The third kappa shape index (κ3) is 4.47. The number of nitrogens with one attached hydrogen (secondary N) is 1. The Morgan fingerprint density at radius 3 is 2.74 bits per heavy atom. The minimum Gasteiger partial charge on any atom is -0.344 e. The van der Waals surface area contributed by atoms with Crippen LogP contribution in [-0.2, 0) is 6.18 Å². The van der Waals surface area contributed by atoms with E-state index in [1.807, 2.05) is 23.9 Å². The average molecular weight is 417 g/mol. The summed E-state index contributed by atoms with van der Waals surface area (Å²) < 4.78 is 39.3. The van der Waals surface area contributed by atoms with Gasteiger partial charge in [0.1, 0.15) is 0 Å². The van der Waals surface area contributed by atoms with E-state index in [0.717, 1.165) is 37.4 Å². The van der Waals surface area contributed by atoms with Crippen LogP contribution in [0.3, 0.4) is 0 Å². The lowest BCUT2D eigenvalue weighted by Gasteiger charge is -2.38. The molecule has 1 aromatic carbocycles. The van der Waals surface area contributed by atoms with Crippen LogP contribution >= 0.6 is 22.9 Å². The van der Waals surface area contributed by atoms with E-state index < -0.39 is 22.7 Å². The number of hydrogen-bond donors (Lipinski definition) is 1. The van der Waals surface area contributed by atoms with Gasteiger partial charge in [-0.3, -0.25) is 4.79 Å². The van der Waals surface area contributed by atoms with Gasteiger partial charge in [0.05, 0.1) is 22.2 Å². The molecule has 2 atom stereocenters. The van der Waals surface area contributed by atoms with Gasteiger partial charge in [-0.1, -0.05) is 24.1 Å². The standard InChI is InChI=1S/C19H20ClF3N2OS/c1-25-9-3-2-7-15(25)17(12-8-10-27-11-12)24-18(26)13-5-4-6-14(16(13)20)19(21,22)23/h4-6,8,10-11,15,17H,2-3,7,9H2,1H3,(H,24,26)/t15-,17-/m0/s1. The molecule has 3 rings (SSSR count).